The fourth-order valence-electron chi connectivity index (χ4n) is 2.18. The van der Waals surface area contributed by atoms with Crippen molar-refractivity contribution >= 4 is 11.6 Å². The van der Waals surface area contributed by atoms with E-state index in [-0.39, 0.29) is 11.6 Å². The van der Waals surface area contributed by atoms with E-state index in [9.17, 15) is 9.59 Å². The molecule has 1 aromatic heterocycles. The van der Waals surface area contributed by atoms with Crippen LogP contribution in [0.1, 0.15) is 35.7 Å². The van der Waals surface area contributed by atoms with E-state index in [0.29, 0.717) is 37.0 Å². The largest absolute Gasteiger partial charge is 0.295 e. The first-order valence-electron chi connectivity index (χ1n) is 7.96. The molecule has 0 radical (unpaired) electrons. The van der Waals surface area contributed by atoms with E-state index in [2.05, 4.69) is 6.58 Å². The van der Waals surface area contributed by atoms with Crippen molar-refractivity contribution in [3.05, 3.63) is 78.1 Å². The summed E-state index contributed by atoms with van der Waals surface area (Å²) in [5.74, 6) is 0.130. The van der Waals surface area contributed by atoms with Crippen LogP contribution in [0, 0.1) is 0 Å². The quantitative estimate of drug-likeness (QED) is 0.308. The van der Waals surface area contributed by atoms with E-state index < -0.39 is 0 Å². The van der Waals surface area contributed by atoms with Gasteiger partial charge in [-0.1, -0.05) is 36.9 Å². The summed E-state index contributed by atoms with van der Waals surface area (Å²) in [6, 6.07) is 13.1. The molecular weight excluding hydrogens is 302 g/mol. The zero-order valence-corrected chi connectivity index (χ0v) is 13.9. The lowest BCUT2D eigenvalue weighted by Gasteiger charge is -2.02. The number of allylic oxidation sites excluding steroid dienone is 1. The highest BCUT2D eigenvalue weighted by molar-refractivity contribution is 5.97. The minimum absolute atomic E-state index is 0.0606. The molecular formula is C20H22NO3+. The van der Waals surface area contributed by atoms with Gasteiger partial charge in [0.05, 0.1) is 0 Å². The number of aromatic nitrogens is 1. The molecule has 0 aliphatic rings. The smallest absolute Gasteiger partial charge is 0.223 e. The van der Waals surface area contributed by atoms with Gasteiger partial charge in [0.1, 0.15) is 0 Å². The number of ketones is 2. The van der Waals surface area contributed by atoms with Crippen molar-refractivity contribution < 1.29 is 19.2 Å². The van der Waals surface area contributed by atoms with Crippen molar-refractivity contribution in [3.8, 4) is 0 Å². The van der Waals surface area contributed by atoms with Crippen LogP contribution in [0.2, 0.25) is 0 Å². The summed E-state index contributed by atoms with van der Waals surface area (Å²) < 4.78 is 1.55. The van der Waals surface area contributed by atoms with Gasteiger partial charge >= 0.3 is 0 Å². The Hall–Kier alpha value is -2.75. The number of nitrogens with zero attached hydrogens (tertiary/aromatic N) is 1. The molecule has 2 rings (SSSR count). The Balaban J connectivity index is 1.81. The van der Waals surface area contributed by atoms with Gasteiger partial charge < -0.3 is 0 Å². The number of carbonyl (C=O) groups excluding carboxylic acids is 2. The third kappa shape index (κ3) is 5.47. The molecule has 24 heavy (non-hydrogen) atoms. The second-order valence-electron chi connectivity index (χ2n) is 5.67. The van der Waals surface area contributed by atoms with E-state index >= 15 is 0 Å². The second kappa shape index (κ2) is 8.77. The summed E-state index contributed by atoms with van der Waals surface area (Å²) in [6.07, 6.45) is 4.86. The second-order valence-corrected chi connectivity index (χ2v) is 5.67. The molecule has 1 aromatic carbocycles. The van der Waals surface area contributed by atoms with Crippen molar-refractivity contribution in [3.63, 3.8) is 0 Å². The van der Waals surface area contributed by atoms with Gasteiger partial charge in [0.15, 0.2) is 18.2 Å². The van der Waals surface area contributed by atoms with Gasteiger partial charge in [-0.15, -0.1) is 0 Å². The van der Waals surface area contributed by atoms with Gasteiger partial charge in [-0.25, -0.2) is 0 Å². The normalized spacial score (nSPS) is 10.2. The minimum Gasteiger partial charge on any atom is -0.295 e. The molecule has 0 bridgehead atoms. The molecule has 0 aliphatic heterocycles. The van der Waals surface area contributed by atoms with E-state index in [1.54, 1.807) is 36.2 Å². The molecule has 0 amide bonds. The third-order valence-electron chi connectivity index (χ3n) is 3.60. The zero-order valence-electron chi connectivity index (χ0n) is 13.9. The maximum atomic E-state index is 12.2. The Labute approximate surface area is 142 Å². The molecule has 4 heteroatoms. The summed E-state index contributed by atoms with van der Waals surface area (Å²) in [4.78, 5) is 29.2. The Morgan fingerprint density at radius 1 is 1.08 bits per heavy atom. The average molecular weight is 324 g/mol. The van der Waals surface area contributed by atoms with Crippen LogP contribution >= 0.6 is 0 Å². The Morgan fingerprint density at radius 3 is 2.38 bits per heavy atom. The summed E-state index contributed by atoms with van der Waals surface area (Å²) in [5.41, 5.74) is 2.22. The lowest BCUT2D eigenvalue weighted by molar-refractivity contribution is -0.891. The monoisotopic (exact) mass is 324 g/mol. The predicted molar refractivity (Wildman–Crippen MR) is 91.6 cm³/mol. The highest BCUT2D eigenvalue weighted by atomic mass is 16.7. The van der Waals surface area contributed by atoms with Crippen molar-refractivity contribution in [1.29, 1.82) is 0 Å². The molecule has 0 saturated heterocycles. The van der Waals surface area contributed by atoms with Crippen molar-refractivity contribution in [1.82, 2.24) is 0 Å². The summed E-state index contributed by atoms with van der Waals surface area (Å²) in [5, 5.41) is 0. The lowest BCUT2D eigenvalue weighted by atomic mass is 10.0. The van der Waals surface area contributed by atoms with Crippen LogP contribution in [0.4, 0.5) is 0 Å². The van der Waals surface area contributed by atoms with Crippen LogP contribution in [0.15, 0.2) is 67.0 Å². The third-order valence-corrected chi connectivity index (χ3v) is 3.60. The molecule has 0 unspecified atom stereocenters. The summed E-state index contributed by atoms with van der Waals surface area (Å²) in [7, 11) is 0. The number of hydrogen-bond acceptors (Lipinski definition) is 3. The molecule has 124 valence electrons. The van der Waals surface area contributed by atoms with Crippen LogP contribution in [-0.2, 0) is 11.2 Å². The first-order valence-corrected chi connectivity index (χ1v) is 7.96. The van der Waals surface area contributed by atoms with Crippen LogP contribution in [0.3, 0.4) is 0 Å². The molecule has 4 nitrogen and oxygen atoms in total. The predicted octanol–water partition coefficient (Wildman–Crippen LogP) is 2.75. The number of pyridine rings is 1. The topological polar surface area (TPSA) is 47.2 Å². The number of carbonyl (C=O) groups is 2. The van der Waals surface area contributed by atoms with Crippen LogP contribution in [0.5, 0.6) is 0 Å². The Kier molecular flexibility index (Phi) is 6.43. The molecule has 0 fully saturated rings. The maximum absolute atomic E-state index is 12.2. The fraction of sp³-hybridized carbons (Fsp3) is 0.250. The maximum Gasteiger partial charge on any atom is 0.223 e. The standard InChI is InChI=1S/C20H22NO3/c1-16(2)19(22)9-6-14-24-21-12-10-18(11-13-21)20(23)15-17-7-4-3-5-8-17/h3-5,7-8,10-13H,1,6,9,14-15H2,2H3/q+1. The Bertz CT molecular complexity index is 705. The van der Waals surface area contributed by atoms with Crippen LogP contribution < -0.4 is 9.57 Å². The van der Waals surface area contributed by atoms with E-state index in [1.807, 2.05) is 30.3 Å². The summed E-state index contributed by atoms with van der Waals surface area (Å²) in [6.45, 7) is 5.76. The van der Waals surface area contributed by atoms with Crippen molar-refractivity contribution in [2.24, 2.45) is 0 Å². The molecule has 0 saturated carbocycles. The van der Waals surface area contributed by atoms with E-state index in [4.69, 9.17) is 4.84 Å². The van der Waals surface area contributed by atoms with E-state index in [1.165, 1.54) is 0 Å². The highest BCUT2D eigenvalue weighted by Crippen LogP contribution is 2.06. The first-order chi connectivity index (χ1) is 11.6. The van der Waals surface area contributed by atoms with Gasteiger partial charge in [-0.2, -0.15) is 0 Å². The van der Waals surface area contributed by atoms with E-state index in [0.717, 1.165) is 5.56 Å². The molecule has 2 aromatic rings. The molecule has 0 N–H and O–H groups in total. The van der Waals surface area contributed by atoms with Crippen LogP contribution in [-0.4, -0.2) is 18.2 Å². The molecule has 0 spiro atoms. The van der Waals surface area contributed by atoms with Gasteiger partial charge in [0, 0.05) is 35.3 Å². The SMILES string of the molecule is C=C(C)C(=O)CCCO[n+]1ccc(C(=O)Cc2ccccc2)cc1. The van der Waals surface area contributed by atoms with Crippen molar-refractivity contribution in [2.45, 2.75) is 26.2 Å². The van der Waals surface area contributed by atoms with Crippen LogP contribution in [0.25, 0.3) is 0 Å². The number of rotatable bonds is 9. The zero-order chi connectivity index (χ0) is 17.4. The number of benzene rings is 1. The van der Waals surface area contributed by atoms with Gasteiger partial charge in [-0.05, 0) is 24.5 Å². The molecule has 1 heterocycles. The lowest BCUT2D eigenvalue weighted by Crippen LogP contribution is -2.42. The number of Topliss-reactive ketones (excluding diaryl/α,β-unsaturated/α-hetero) is 2. The first kappa shape index (κ1) is 17.6. The fourth-order valence-corrected chi connectivity index (χ4v) is 2.18. The minimum atomic E-state index is 0.0606. The van der Waals surface area contributed by atoms with Crippen molar-refractivity contribution in [2.75, 3.05) is 6.61 Å². The van der Waals surface area contributed by atoms with Gasteiger partial charge in [0.2, 0.25) is 12.4 Å². The molecule has 0 aliphatic carbocycles. The van der Waals surface area contributed by atoms with Gasteiger partial charge in [0.25, 0.3) is 0 Å². The van der Waals surface area contributed by atoms with Gasteiger partial charge in [-0.3, -0.25) is 14.4 Å². The molecule has 0 atom stereocenters. The summed E-state index contributed by atoms with van der Waals surface area (Å²) >= 11 is 0. The average Bonchev–Trinajstić information content (AvgIpc) is 2.59. The Morgan fingerprint density at radius 2 is 1.75 bits per heavy atom. The number of hydrogen-bond donors (Lipinski definition) is 0. The highest BCUT2D eigenvalue weighted by Gasteiger charge is 2.10.